The largest absolute Gasteiger partial charge is 0.497 e. The zero-order chi connectivity index (χ0) is 13.0. The molecule has 18 heavy (non-hydrogen) atoms. The van der Waals surface area contributed by atoms with Crippen LogP contribution in [0.4, 0.5) is 5.69 Å². The van der Waals surface area contributed by atoms with Gasteiger partial charge in [-0.05, 0) is 25.0 Å². The number of hydrogen-bond donors (Lipinski definition) is 2. The summed E-state index contributed by atoms with van der Waals surface area (Å²) in [6, 6.07) is 7.52. The number of hydrogen-bond acceptors (Lipinski definition) is 4. The van der Waals surface area contributed by atoms with Gasteiger partial charge in [0.1, 0.15) is 11.8 Å². The van der Waals surface area contributed by atoms with E-state index in [0.717, 1.165) is 12.8 Å². The van der Waals surface area contributed by atoms with Crippen molar-refractivity contribution < 1.29 is 9.53 Å². The number of amides is 1. The second kappa shape index (κ2) is 5.41. The summed E-state index contributed by atoms with van der Waals surface area (Å²) in [6.07, 6.45) is 2.13. The number of ether oxygens (including phenoxy) is 1. The Morgan fingerprint density at radius 1 is 1.56 bits per heavy atom. The molecule has 0 radical (unpaired) electrons. The molecule has 1 aliphatic rings. The molecular weight excluding hydrogens is 230 g/mol. The van der Waals surface area contributed by atoms with Gasteiger partial charge in [0, 0.05) is 12.1 Å². The Labute approximate surface area is 106 Å². The van der Waals surface area contributed by atoms with Gasteiger partial charge in [-0.3, -0.25) is 4.79 Å². The van der Waals surface area contributed by atoms with Crippen LogP contribution in [0.1, 0.15) is 18.4 Å². The first-order valence-corrected chi connectivity index (χ1v) is 5.84. The molecule has 0 aliphatic heterocycles. The van der Waals surface area contributed by atoms with Gasteiger partial charge in [-0.1, -0.05) is 0 Å². The van der Waals surface area contributed by atoms with Gasteiger partial charge in [-0.25, -0.2) is 0 Å². The summed E-state index contributed by atoms with van der Waals surface area (Å²) in [5.41, 5.74) is 1.11. The van der Waals surface area contributed by atoms with Crippen molar-refractivity contribution in [1.29, 1.82) is 5.26 Å². The van der Waals surface area contributed by atoms with Gasteiger partial charge < -0.3 is 15.4 Å². The molecule has 0 saturated heterocycles. The minimum absolute atomic E-state index is 0.0517. The van der Waals surface area contributed by atoms with Crippen molar-refractivity contribution in [1.82, 2.24) is 5.32 Å². The van der Waals surface area contributed by atoms with Gasteiger partial charge in [0.15, 0.2) is 0 Å². The van der Waals surface area contributed by atoms with Crippen molar-refractivity contribution in [3.63, 3.8) is 0 Å². The number of carbonyl (C=O) groups excluding carboxylic acids is 1. The van der Waals surface area contributed by atoms with Gasteiger partial charge in [-0.15, -0.1) is 0 Å². The molecule has 94 valence electrons. The molecule has 0 unspecified atom stereocenters. The zero-order valence-corrected chi connectivity index (χ0v) is 10.2. The van der Waals surface area contributed by atoms with E-state index in [0.29, 0.717) is 23.0 Å². The van der Waals surface area contributed by atoms with E-state index in [1.54, 1.807) is 25.3 Å². The molecule has 0 heterocycles. The van der Waals surface area contributed by atoms with Crippen LogP contribution >= 0.6 is 0 Å². The van der Waals surface area contributed by atoms with Crippen LogP contribution in [0.3, 0.4) is 0 Å². The molecule has 1 aromatic rings. The van der Waals surface area contributed by atoms with E-state index in [1.165, 1.54) is 0 Å². The zero-order valence-electron chi connectivity index (χ0n) is 10.2. The summed E-state index contributed by atoms with van der Waals surface area (Å²) in [4.78, 5) is 11.5. The average Bonchev–Trinajstić information content (AvgIpc) is 3.19. The fraction of sp³-hybridized carbons (Fsp3) is 0.385. The van der Waals surface area contributed by atoms with Crippen molar-refractivity contribution in [3.05, 3.63) is 23.8 Å². The van der Waals surface area contributed by atoms with Gasteiger partial charge in [0.25, 0.3) is 0 Å². The fourth-order valence-electron chi connectivity index (χ4n) is 1.58. The fourth-order valence-corrected chi connectivity index (χ4v) is 1.58. The summed E-state index contributed by atoms with van der Waals surface area (Å²) in [5.74, 6) is 0.600. The highest BCUT2D eigenvalue weighted by Gasteiger charge is 2.22. The summed E-state index contributed by atoms with van der Waals surface area (Å²) in [5, 5.41) is 14.8. The highest BCUT2D eigenvalue weighted by molar-refractivity contribution is 5.81. The van der Waals surface area contributed by atoms with Gasteiger partial charge in [0.2, 0.25) is 5.91 Å². The first-order valence-electron chi connectivity index (χ1n) is 5.84. The Bertz CT molecular complexity index is 489. The third-order valence-corrected chi connectivity index (χ3v) is 2.73. The van der Waals surface area contributed by atoms with Crippen LogP contribution in [0, 0.1) is 11.3 Å². The molecule has 1 amide bonds. The molecule has 0 aromatic heterocycles. The number of rotatable bonds is 5. The van der Waals surface area contributed by atoms with E-state index < -0.39 is 0 Å². The molecule has 1 aliphatic carbocycles. The number of nitriles is 1. The minimum atomic E-state index is -0.0517. The Morgan fingerprint density at radius 2 is 2.33 bits per heavy atom. The first kappa shape index (κ1) is 12.2. The molecule has 1 saturated carbocycles. The molecular formula is C13H15N3O2. The smallest absolute Gasteiger partial charge is 0.239 e. The Balaban J connectivity index is 1.98. The lowest BCUT2D eigenvalue weighted by Crippen LogP contribution is -2.31. The third-order valence-electron chi connectivity index (χ3n) is 2.73. The lowest BCUT2D eigenvalue weighted by molar-refractivity contribution is -0.119. The summed E-state index contributed by atoms with van der Waals surface area (Å²) in [6.45, 7) is 0.165. The molecule has 0 spiro atoms. The summed E-state index contributed by atoms with van der Waals surface area (Å²) < 4.78 is 5.09. The summed E-state index contributed by atoms with van der Waals surface area (Å²) >= 11 is 0. The molecule has 1 fully saturated rings. The minimum Gasteiger partial charge on any atom is -0.497 e. The topological polar surface area (TPSA) is 74.1 Å². The predicted octanol–water partition coefficient (Wildman–Crippen LogP) is 1.26. The van der Waals surface area contributed by atoms with Crippen molar-refractivity contribution in [3.8, 4) is 11.8 Å². The van der Waals surface area contributed by atoms with Gasteiger partial charge in [-0.2, -0.15) is 5.26 Å². The second-order valence-corrected chi connectivity index (χ2v) is 4.22. The monoisotopic (exact) mass is 245 g/mol. The van der Waals surface area contributed by atoms with Crippen LogP contribution < -0.4 is 15.4 Å². The predicted molar refractivity (Wildman–Crippen MR) is 67.4 cm³/mol. The van der Waals surface area contributed by atoms with E-state index in [2.05, 4.69) is 16.7 Å². The maximum Gasteiger partial charge on any atom is 0.239 e. The highest BCUT2D eigenvalue weighted by Crippen LogP contribution is 2.22. The van der Waals surface area contributed by atoms with E-state index in [9.17, 15) is 4.79 Å². The average molecular weight is 245 g/mol. The Morgan fingerprint density at radius 3 is 2.94 bits per heavy atom. The molecule has 0 atom stereocenters. The Kier molecular flexibility index (Phi) is 3.68. The van der Waals surface area contributed by atoms with Crippen LogP contribution in [0.5, 0.6) is 5.75 Å². The molecule has 0 bridgehead atoms. The van der Waals surface area contributed by atoms with Crippen LogP contribution in [0.2, 0.25) is 0 Å². The maximum absolute atomic E-state index is 11.5. The van der Waals surface area contributed by atoms with Crippen LogP contribution in [0.25, 0.3) is 0 Å². The van der Waals surface area contributed by atoms with Crippen molar-refractivity contribution in [2.45, 2.75) is 18.9 Å². The molecule has 2 rings (SSSR count). The second-order valence-electron chi connectivity index (χ2n) is 4.22. The van der Waals surface area contributed by atoms with E-state index in [4.69, 9.17) is 10.00 Å². The van der Waals surface area contributed by atoms with Gasteiger partial charge >= 0.3 is 0 Å². The third kappa shape index (κ3) is 3.14. The van der Waals surface area contributed by atoms with Crippen LogP contribution in [0.15, 0.2) is 18.2 Å². The maximum atomic E-state index is 11.5. The highest BCUT2D eigenvalue weighted by atomic mass is 16.5. The number of nitrogens with zero attached hydrogens (tertiary/aromatic N) is 1. The first-order chi connectivity index (χ1) is 8.72. The summed E-state index contributed by atoms with van der Waals surface area (Å²) in [7, 11) is 1.56. The van der Waals surface area contributed by atoms with Crippen molar-refractivity contribution in [2.75, 3.05) is 19.0 Å². The van der Waals surface area contributed by atoms with Crippen molar-refractivity contribution in [2.24, 2.45) is 0 Å². The van der Waals surface area contributed by atoms with Crippen molar-refractivity contribution >= 4 is 11.6 Å². The van der Waals surface area contributed by atoms with E-state index >= 15 is 0 Å². The number of anilines is 1. The SMILES string of the molecule is COc1ccc(C#N)c(NCC(=O)NC2CC2)c1. The normalized spacial score (nSPS) is 13.6. The molecule has 2 N–H and O–H groups in total. The van der Waals surface area contributed by atoms with Crippen LogP contribution in [-0.2, 0) is 4.79 Å². The van der Waals surface area contributed by atoms with Crippen LogP contribution in [-0.4, -0.2) is 25.6 Å². The van der Waals surface area contributed by atoms with E-state index in [1.807, 2.05) is 0 Å². The number of methoxy groups -OCH3 is 1. The molecule has 5 nitrogen and oxygen atoms in total. The molecule has 1 aromatic carbocycles. The Hall–Kier alpha value is -2.22. The van der Waals surface area contributed by atoms with Gasteiger partial charge in [0.05, 0.1) is 24.9 Å². The standard InChI is InChI=1S/C13H15N3O2/c1-18-11-5-2-9(7-14)12(6-11)15-8-13(17)16-10-3-4-10/h2,5-6,10,15H,3-4,8H2,1H3,(H,16,17). The number of carbonyl (C=O) groups is 1. The molecule has 5 heteroatoms. The van der Waals surface area contributed by atoms with E-state index in [-0.39, 0.29) is 12.5 Å². The quantitative estimate of drug-likeness (QED) is 0.819. The number of nitrogens with one attached hydrogen (secondary N) is 2. The lowest BCUT2D eigenvalue weighted by atomic mass is 10.2. The lowest BCUT2D eigenvalue weighted by Gasteiger charge is -2.10. The number of benzene rings is 1.